The molecule has 5 nitrogen and oxygen atoms in total. The van der Waals surface area contributed by atoms with Gasteiger partial charge in [-0.05, 0) is 23.1 Å². The number of carbonyl (C=O) groups excluding carboxylic acids is 1. The Kier molecular flexibility index (Phi) is 2.34. The van der Waals surface area contributed by atoms with Gasteiger partial charge in [0.2, 0.25) is 5.91 Å². The summed E-state index contributed by atoms with van der Waals surface area (Å²) >= 11 is 0. The first-order chi connectivity index (χ1) is 12.6. The zero-order valence-electron chi connectivity index (χ0n) is 14.6. The molecule has 5 aliphatic heterocycles. The third kappa shape index (κ3) is 1.33. The van der Waals surface area contributed by atoms with Crippen molar-refractivity contribution in [3.63, 3.8) is 0 Å². The molecule has 0 radical (unpaired) electrons. The zero-order chi connectivity index (χ0) is 17.3. The number of amides is 1. The van der Waals surface area contributed by atoms with E-state index in [1.807, 2.05) is 6.07 Å². The number of carbonyl (C=O) groups is 1. The van der Waals surface area contributed by atoms with Crippen molar-refractivity contribution in [2.75, 3.05) is 24.6 Å². The number of para-hydroxylation sites is 1. The van der Waals surface area contributed by atoms with Crippen LogP contribution in [0.5, 0.6) is 0 Å². The molecule has 4 fully saturated rings. The SMILES string of the molecule is O=C1C[C@@H]2OCC=C3C[N+]4([O-])CC[C@]56c7ccccc7N1[C@H]5C2[C@H]3C[C@@H]64. The Morgan fingerprint density at radius 2 is 2.19 bits per heavy atom. The second kappa shape index (κ2) is 4.24. The van der Waals surface area contributed by atoms with Crippen LogP contribution in [0.15, 0.2) is 35.9 Å². The van der Waals surface area contributed by atoms with Gasteiger partial charge in [0.25, 0.3) is 0 Å². The molecule has 26 heavy (non-hydrogen) atoms. The molecule has 5 heteroatoms. The Bertz CT molecular complexity index is 897. The number of piperidine rings is 2. The molecule has 0 N–H and O–H groups in total. The quantitative estimate of drug-likeness (QED) is 0.409. The lowest BCUT2D eigenvalue weighted by Crippen LogP contribution is -2.71. The molecule has 1 aromatic carbocycles. The van der Waals surface area contributed by atoms with Crippen LogP contribution in [0.4, 0.5) is 5.69 Å². The smallest absolute Gasteiger partial charge is 0.229 e. The van der Waals surface area contributed by atoms with Crippen molar-refractivity contribution in [2.45, 2.75) is 42.9 Å². The minimum atomic E-state index is -0.174. The van der Waals surface area contributed by atoms with E-state index in [-0.39, 0.29) is 34.2 Å². The van der Waals surface area contributed by atoms with Crippen LogP contribution in [0.3, 0.4) is 0 Å². The molecule has 1 saturated carbocycles. The van der Waals surface area contributed by atoms with Crippen molar-refractivity contribution < 1.29 is 14.2 Å². The highest BCUT2D eigenvalue weighted by atomic mass is 16.6. The summed E-state index contributed by atoms with van der Waals surface area (Å²) in [7, 11) is 0. The van der Waals surface area contributed by atoms with Gasteiger partial charge < -0.3 is 19.5 Å². The highest BCUT2D eigenvalue weighted by molar-refractivity contribution is 5.99. The van der Waals surface area contributed by atoms with Gasteiger partial charge >= 0.3 is 0 Å². The standard InChI is InChI=1S/C21H22N2O3/c24-18-10-16-19-13-9-17-21(6-7-23(17,25)11-12(13)5-8-26-16)14-3-1-2-4-15(14)22(18)20(19)21/h1-5,13,16-17,19-20H,6-11H2/t13-,16-,17-,19?,20-,21+,23?/m0/s1. The van der Waals surface area contributed by atoms with Gasteiger partial charge in [-0.15, -0.1) is 0 Å². The van der Waals surface area contributed by atoms with Crippen LogP contribution >= 0.6 is 0 Å². The number of hydrogen-bond donors (Lipinski definition) is 0. The maximum absolute atomic E-state index is 13.9. The number of fused-ring (bicyclic) bond motifs is 2. The second-order valence-electron chi connectivity index (χ2n) is 9.14. The fourth-order valence-corrected chi connectivity index (χ4v) is 7.77. The van der Waals surface area contributed by atoms with E-state index in [9.17, 15) is 10.0 Å². The summed E-state index contributed by atoms with van der Waals surface area (Å²) in [6, 6.07) is 8.58. The minimum absolute atomic E-state index is 0.00175. The van der Waals surface area contributed by atoms with E-state index in [1.165, 1.54) is 11.1 Å². The minimum Gasteiger partial charge on any atom is -0.632 e. The summed E-state index contributed by atoms with van der Waals surface area (Å²) in [4.78, 5) is 15.3. The van der Waals surface area contributed by atoms with Gasteiger partial charge in [-0.1, -0.05) is 24.3 Å². The topological polar surface area (TPSA) is 52.6 Å². The van der Waals surface area contributed by atoms with E-state index in [2.05, 4.69) is 29.2 Å². The third-order valence-corrected chi connectivity index (χ3v) is 8.50. The predicted octanol–water partition coefficient (Wildman–Crippen LogP) is 2.11. The Hall–Kier alpha value is -1.69. The van der Waals surface area contributed by atoms with Gasteiger partial charge in [0, 0.05) is 24.4 Å². The summed E-state index contributed by atoms with van der Waals surface area (Å²) in [5, 5.41) is 13.9. The van der Waals surface area contributed by atoms with Crippen molar-refractivity contribution in [1.82, 2.24) is 0 Å². The highest BCUT2D eigenvalue weighted by Gasteiger charge is 2.74. The molecular weight excluding hydrogens is 328 g/mol. The average molecular weight is 350 g/mol. The number of hydrogen-bond acceptors (Lipinski definition) is 3. The number of benzene rings is 1. The van der Waals surface area contributed by atoms with Crippen molar-refractivity contribution in [3.05, 3.63) is 46.7 Å². The van der Waals surface area contributed by atoms with Crippen molar-refractivity contribution >= 4 is 11.6 Å². The van der Waals surface area contributed by atoms with Crippen LogP contribution < -0.4 is 4.90 Å². The van der Waals surface area contributed by atoms with Gasteiger partial charge in [-0.2, -0.15) is 0 Å². The molecule has 7 rings (SSSR count). The van der Waals surface area contributed by atoms with E-state index >= 15 is 0 Å². The molecule has 1 spiro atoms. The maximum Gasteiger partial charge on any atom is 0.229 e. The molecule has 0 aromatic heterocycles. The Morgan fingerprint density at radius 1 is 1.31 bits per heavy atom. The lowest BCUT2D eigenvalue weighted by Gasteiger charge is -2.61. The fourth-order valence-electron chi connectivity index (χ4n) is 7.77. The first-order valence-electron chi connectivity index (χ1n) is 9.93. The van der Waals surface area contributed by atoms with E-state index in [1.54, 1.807) is 0 Å². The first-order valence-corrected chi connectivity index (χ1v) is 9.93. The summed E-state index contributed by atoms with van der Waals surface area (Å²) in [6.45, 7) is 1.87. The molecule has 2 unspecified atom stereocenters. The monoisotopic (exact) mass is 350 g/mol. The molecule has 6 aliphatic rings. The van der Waals surface area contributed by atoms with Crippen molar-refractivity contribution in [1.29, 1.82) is 0 Å². The summed E-state index contributed by atoms with van der Waals surface area (Å²) in [6.07, 6.45) is 4.51. The summed E-state index contributed by atoms with van der Waals surface area (Å²) in [5.74, 6) is 0.922. The van der Waals surface area contributed by atoms with Gasteiger partial charge in [0.05, 0.1) is 37.1 Å². The zero-order valence-corrected chi connectivity index (χ0v) is 14.6. The highest BCUT2D eigenvalue weighted by Crippen LogP contribution is 2.67. The molecule has 1 amide bonds. The normalized spacial score (nSPS) is 49.6. The lowest BCUT2D eigenvalue weighted by atomic mass is 9.53. The van der Waals surface area contributed by atoms with Gasteiger partial charge in [0.15, 0.2) is 0 Å². The molecule has 3 saturated heterocycles. The van der Waals surface area contributed by atoms with Crippen LogP contribution in [0.25, 0.3) is 0 Å². The number of ether oxygens (including phenoxy) is 1. The Labute approximate surface area is 152 Å². The number of anilines is 1. The number of nitrogens with zero attached hydrogens (tertiary/aromatic N) is 2. The van der Waals surface area contributed by atoms with Gasteiger partial charge in [-0.3, -0.25) is 4.79 Å². The lowest BCUT2D eigenvalue weighted by molar-refractivity contribution is -0.896. The largest absolute Gasteiger partial charge is 0.632 e. The molecule has 1 aliphatic carbocycles. The van der Waals surface area contributed by atoms with Crippen molar-refractivity contribution in [2.24, 2.45) is 11.8 Å². The van der Waals surface area contributed by atoms with Gasteiger partial charge in [-0.25, -0.2) is 0 Å². The number of hydroxylamine groups is 3. The van der Waals surface area contributed by atoms with Crippen LogP contribution in [-0.4, -0.2) is 48.4 Å². The molecule has 134 valence electrons. The number of rotatable bonds is 0. The molecule has 1 aromatic rings. The van der Waals surface area contributed by atoms with E-state index in [0.29, 0.717) is 38.0 Å². The Balaban J connectivity index is 1.56. The van der Waals surface area contributed by atoms with E-state index in [4.69, 9.17) is 4.74 Å². The van der Waals surface area contributed by atoms with Gasteiger partial charge in [0.1, 0.15) is 12.6 Å². The van der Waals surface area contributed by atoms with Crippen LogP contribution in [0, 0.1) is 17.0 Å². The van der Waals surface area contributed by atoms with Crippen molar-refractivity contribution in [3.8, 4) is 0 Å². The fraction of sp³-hybridized carbons (Fsp3) is 0.571. The summed E-state index contributed by atoms with van der Waals surface area (Å²) < 4.78 is 6.10. The van der Waals surface area contributed by atoms with E-state index < -0.39 is 0 Å². The van der Waals surface area contributed by atoms with E-state index in [0.717, 1.165) is 18.5 Å². The molecule has 2 bridgehead atoms. The summed E-state index contributed by atoms with van der Waals surface area (Å²) in [5.41, 5.74) is 3.46. The number of quaternary nitrogens is 1. The average Bonchev–Trinajstić information content (AvgIpc) is 3.05. The predicted molar refractivity (Wildman–Crippen MR) is 95.2 cm³/mol. The van der Waals surface area contributed by atoms with Crippen LogP contribution in [0.1, 0.15) is 24.8 Å². The molecule has 5 heterocycles. The molecular formula is C21H22N2O3. The maximum atomic E-state index is 13.9. The van der Waals surface area contributed by atoms with Crippen LogP contribution in [0.2, 0.25) is 0 Å². The van der Waals surface area contributed by atoms with Crippen LogP contribution in [-0.2, 0) is 14.9 Å². The molecule has 7 atom stereocenters. The Morgan fingerprint density at radius 3 is 3.12 bits per heavy atom. The second-order valence-corrected chi connectivity index (χ2v) is 9.14. The first kappa shape index (κ1) is 14.4. The third-order valence-electron chi connectivity index (χ3n) is 8.50.